The smallest absolute Gasteiger partial charge is 0.186 e. The number of hydrogen-bond acceptors (Lipinski definition) is 5. The molecule has 0 fully saturated rings. The average molecular weight is 233 g/mol. The highest BCUT2D eigenvalue weighted by Gasteiger charge is 2.10. The first-order valence-electron chi connectivity index (χ1n) is 4.86. The molecule has 0 amide bonds. The van der Waals surface area contributed by atoms with Crippen molar-refractivity contribution in [3.63, 3.8) is 0 Å². The molecule has 0 spiro atoms. The van der Waals surface area contributed by atoms with E-state index in [1.807, 2.05) is 12.1 Å². The SMILES string of the molecule is NCc1nc(C(=O)Cc2cccnc2)cs1. The molecule has 2 aromatic rings. The van der Waals surface area contributed by atoms with Gasteiger partial charge in [-0.25, -0.2) is 4.98 Å². The van der Waals surface area contributed by atoms with Crippen LogP contribution in [0.3, 0.4) is 0 Å². The molecule has 82 valence electrons. The van der Waals surface area contributed by atoms with E-state index in [2.05, 4.69) is 9.97 Å². The molecule has 0 unspecified atom stereocenters. The number of hydrogen-bond donors (Lipinski definition) is 1. The van der Waals surface area contributed by atoms with Crippen LogP contribution in [0.2, 0.25) is 0 Å². The summed E-state index contributed by atoms with van der Waals surface area (Å²) in [6.45, 7) is 0.380. The summed E-state index contributed by atoms with van der Waals surface area (Å²) in [4.78, 5) is 19.9. The van der Waals surface area contributed by atoms with Crippen LogP contribution in [0.15, 0.2) is 29.9 Å². The van der Waals surface area contributed by atoms with Gasteiger partial charge >= 0.3 is 0 Å². The minimum Gasteiger partial charge on any atom is -0.325 e. The van der Waals surface area contributed by atoms with Gasteiger partial charge in [-0.05, 0) is 11.6 Å². The molecule has 0 aliphatic heterocycles. The zero-order valence-corrected chi connectivity index (χ0v) is 9.41. The Morgan fingerprint density at radius 3 is 3.00 bits per heavy atom. The van der Waals surface area contributed by atoms with E-state index >= 15 is 0 Å². The lowest BCUT2D eigenvalue weighted by Crippen LogP contribution is -2.05. The van der Waals surface area contributed by atoms with Crippen molar-refractivity contribution >= 4 is 17.1 Å². The summed E-state index contributed by atoms with van der Waals surface area (Å²) in [5, 5.41) is 2.54. The number of pyridine rings is 1. The fourth-order valence-electron chi connectivity index (χ4n) is 1.31. The number of nitrogens with two attached hydrogens (primary N) is 1. The summed E-state index contributed by atoms with van der Waals surface area (Å²) < 4.78 is 0. The number of carbonyl (C=O) groups is 1. The highest BCUT2D eigenvalue weighted by Crippen LogP contribution is 2.11. The topological polar surface area (TPSA) is 68.9 Å². The molecule has 0 bridgehead atoms. The lowest BCUT2D eigenvalue weighted by Gasteiger charge is -1.96. The Balaban J connectivity index is 2.09. The molecule has 0 aliphatic rings. The van der Waals surface area contributed by atoms with E-state index in [-0.39, 0.29) is 5.78 Å². The third-order valence-electron chi connectivity index (χ3n) is 2.10. The molecule has 2 N–H and O–H groups in total. The summed E-state index contributed by atoms with van der Waals surface area (Å²) in [6.07, 6.45) is 3.71. The van der Waals surface area contributed by atoms with Crippen LogP contribution in [0, 0.1) is 0 Å². The molecule has 2 rings (SSSR count). The number of rotatable bonds is 4. The highest BCUT2D eigenvalue weighted by atomic mass is 32.1. The van der Waals surface area contributed by atoms with Crippen LogP contribution in [0.25, 0.3) is 0 Å². The van der Waals surface area contributed by atoms with Gasteiger partial charge in [-0.1, -0.05) is 6.07 Å². The lowest BCUT2D eigenvalue weighted by atomic mass is 10.1. The molecular formula is C11H11N3OS. The van der Waals surface area contributed by atoms with Gasteiger partial charge in [0.2, 0.25) is 0 Å². The van der Waals surface area contributed by atoms with Gasteiger partial charge in [-0.2, -0.15) is 0 Å². The Hall–Kier alpha value is -1.59. The summed E-state index contributed by atoms with van der Waals surface area (Å²) in [7, 11) is 0. The summed E-state index contributed by atoms with van der Waals surface area (Å²) in [5.74, 6) is 0.00366. The molecule has 0 saturated heterocycles. The molecule has 0 radical (unpaired) electrons. The van der Waals surface area contributed by atoms with Crippen molar-refractivity contribution in [2.45, 2.75) is 13.0 Å². The van der Waals surface area contributed by atoms with Gasteiger partial charge in [-0.3, -0.25) is 9.78 Å². The maximum atomic E-state index is 11.8. The second kappa shape index (κ2) is 4.96. The standard InChI is InChI=1S/C11H11N3OS/c12-5-11-14-9(7-16-11)10(15)4-8-2-1-3-13-6-8/h1-3,6-7H,4-5,12H2. The van der Waals surface area contributed by atoms with Crippen molar-refractivity contribution < 1.29 is 4.79 Å². The van der Waals surface area contributed by atoms with Crippen LogP contribution >= 0.6 is 11.3 Å². The number of nitrogens with zero attached hydrogens (tertiary/aromatic N) is 2. The first-order chi connectivity index (χ1) is 7.79. The second-order valence-electron chi connectivity index (χ2n) is 3.29. The van der Waals surface area contributed by atoms with Gasteiger partial charge in [0, 0.05) is 30.7 Å². The van der Waals surface area contributed by atoms with E-state index in [4.69, 9.17) is 5.73 Å². The zero-order valence-electron chi connectivity index (χ0n) is 8.59. The largest absolute Gasteiger partial charge is 0.325 e. The van der Waals surface area contributed by atoms with Gasteiger partial charge in [-0.15, -0.1) is 11.3 Å². The van der Waals surface area contributed by atoms with E-state index in [1.165, 1.54) is 11.3 Å². The number of carbonyl (C=O) groups excluding carboxylic acids is 1. The van der Waals surface area contributed by atoms with Crippen molar-refractivity contribution in [3.05, 3.63) is 46.2 Å². The number of thiazole rings is 1. The van der Waals surface area contributed by atoms with E-state index in [0.29, 0.717) is 18.7 Å². The molecule has 0 atom stereocenters. The summed E-state index contributed by atoms with van der Waals surface area (Å²) in [6, 6.07) is 3.69. The third kappa shape index (κ3) is 2.50. The minimum absolute atomic E-state index is 0.00366. The van der Waals surface area contributed by atoms with Crippen molar-refractivity contribution in [2.75, 3.05) is 0 Å². The van der Waals surface area contributed by atoms with Crippen LogP contribution in [0.4, 0.5) is 0 Å². The predicted molar refractivity (Wildman–Crippen MR) is 62.3 cm³/mol. The molecule has 0 aromatic carbocycles. The van der Waals surface area contributed by atoms with E-state index in [0.717, 1.165) is 10.6 Å². The molecule has 0 saturated carbocycles. The molecule has 4 nitrogen and oxygen atoms in total. The van der Waals surface area contributed by atoms with Crippen LogP contribution < -0.4 is 5.73 Å². The van der Waals surface area contributed by atoms with E-state index < -0.39 is 0 Å². The van der Waals surface area contributed by atoms with Crippen molar-refractivity contribution in [1.82, 2.24) is 9.97 Å². The predicted octanol–water partition coefficient (Wildman–Crippen LogP) is 1.42. The van der Waals surface area contributed by atoms with E-state index in [1.54, 1.807) is 17.8 Å². The first kappa shape index (κ1) is 10.9. The van der Waals surface area contributed by atoms with Crippen molar-refractivity contribution in [1.29, 1.82) is 0 Å². The second-order valence-corrected chi connectivity index (χ2v) is 4.23. The van der Waals surface area contributed by atoms with Crippen LogP contribution in [-0.2, 0) is 13.0 Å². The third-order valence-corrected chi connectivity index (χ3v) is 2.97. The van der Waals surface area contributed by atoms with E-state index in [9.17, 15) is 4.79 Å². The molecule has 0 aliphatic carbocycles. The molecular weight excluding hydrogens is 222 g/mol. The van der Waals surface area contributed by atoms with Crippen LogP contribution in [0.5, 0.6) is 0 Å². The average Bonchev–Trinajstić information content (AvgIpc) is 2.79. The van der Waals surface area contributed by atoms with Crippen molar-refractivity contribution in [2.24, 2.45) is 5.73 Å². The lowest BCUT2D eigenvalue weighted by molar-refractivity contribution is 0.0988. The number of Topliss-reactive ketones (excluding diaryl/α,β-unsaturated/α-hetero) is 1. The first-order valence-corrected chi connectivity index (χ1v) is 5.74. The van der Waals surface area contributed by atoms with Gasteiger partial charge in [0.1, 0.15) is 10.7 Å². The van der Waals surface area contributed by atoms with Gasteiger partial charge in [0.15, 0.2) is 5.78 Å². The zero-order chi connectivity index (χ0) is 11.4. The van der Waals surface area contributed by atoms with Gasteiger partial charge in [0.05, 0.1) is 0 Å². The Kier molecular flexibility index (Phi) is 3.38. The summed E-state index contributed by atoms with van der Waals surface area (Å²) in [5.41, 5.74) is 6.84. The Bertz CT molecular complexity index is 481. The number of aromatic nitrogens is 2. The Morgan fingerprint density at radius 1 is 1.50 bits per heavy atom. The highest BCUT2D eigenvalue weighted by molar-refractivity contribution is 7.09. The molecule has 2 aromatic heterocycles. The maximum Gasteiger partial charge on any atom is 0.186 e. The van der Waals surface area contributed by atoms with Gasteiger partial charge < -0.3 is 5.73 Å². The van der Waals surface area contributed by atoms with Crippen molar-refractivity contribution in [3.8, 4) is 0 Å². The monoisotopic (exact) mass is 233 g/mol. The normalized spacial score (nSPS) is 10.3. The Labute approximate surface area is 97.2 Å². The fourth-order valence-corrected chi connectivity index (χ4v) is 1.99. The minimum atomic E-state index is 0.00366. The molecule has 5 heteroatoms. The molecule has 2 heterocycles. The van der Waals surface area contributed by atoms with Crippen LogP contribution in [0.1, 0.15) is 21.1 Å². The molecule has 16 heavy (non-hydrogen) atoms. The van der Waals surface area contributed by atoms with Gasteiger partial charge in [0.25, 0.3) is 0 Å². The quantitative estimate of drug-likeness (QED) is 0.811. The summed E-state index contributed by atoms with van der Waals surface area (Å²) >= 11 is 1.42. The number of ketones is 1. The maximum absolute atomic E-state index is 11.8. The Morgan fingerprint density at radius 2 is 2.38 bits per heavy atom. The fraction of sp³-hybridized carbons (Fsp3) is 0.182. The van der Waals surface area contributed by atoms with Crippen LogP contribution in [-0.4, -0.2) is 15.8 Å².